The van der Waals surface area contributed by atoms with Gasteiger partial charge in [0.1, 0.15) is 0 Å². The monoisotopic (exact) mass is 208 g/mol. The summed E-state index contributed by atoms with van der Waals surface area (Å²) in [5.41, 5.74) is 5.61. The van der Waals surface area contributed by atoms with Crippen LogP contribution in [0, 0.1) is 5.92 Å². The average Bonchev–Trinajstić information content (AvgIpc) is 2.66. The standard InChI is InChI=1S/C11H20N4/c1-14-8-5-11(13-14)15-7-2-3-10(9-15)4-6-12/h5,8,10H,2-4,6-7,9,12H2,1H3. The van der Waals surface area contributed by atoms with E-state index in [4.69, 9.17) is 5.73 Å². The summed E-state index contributed by atoms with van der Waals surface area (Å²) in [6.45, 7) is 3.06. The molecule has 84 valence electrons. The number of nitrogens with two attached hydrogens (primary N) is 1. The number of rotatable bonds is 3. The molecule has 1 saturated heterocycles. The normalized spacial score (nSPS) is 22.0. The van der Waals surface area contributed by atoms with Crippen LogP contribution in [0.2, 0.25) is 0 Å². The van der Waals surface area contributed by atoms with E-state index in [1.807, 2.05) is 17.9 Å². The highest BCUT2D eigenvalue weighted by Crippen LogP contribution is 2.23. The summed E-state index contributed by atoms with van der Waals surface area (Å²) < 4.78 is 1.86. The summed E-state index contributed by atoms with van der Waals surface area (Å²) in [4.78, 5) is 2.38. The smallest absolute Gasteiger partial charge is 0.150 e. The number of piperidine rings is 1. The molecule has 1 fully saturated rings. The Morgan fingerprint density at radius 1 is 1.60 bits per heavy atom. The fourth-order valence-corrected chi connectivity index (χ4v) is 2.32. The molecule has 0 bridgehead atoms. The second-order valence-electron chi connectivity index (χ2n) is 4.38. The van der Waals surface area contributed by atoms with Gasteiger partial charge in [-0.3, -0.25) is 4.68 Å². The molecule has 0 amide bonds. The SMILES string of the molecule is Cn1ccc(N2CCCC(CCN)C2)n1. The Balaban J connectivity index is 1.98. The molecule has 1 aromatic rings. The van der Waals surface area contributed by atoms with Crippen LogP contribution < -0.4 is 10.6 Å². The molecule has 4 nitrogen and oxygen atoms in total. The van der Waals surface area contributed by atoms with Crippen LogP contribution in [-0.4, -0.2) is 29.4 Å². The predicted molar refractivity (Wildman–Crippen MR) is 61.8 cm³/mol. The molecule has 1 unspecified atom stereocenters. The topological polar surface area (TPSA) is 47.1 Å². The summed E-state index contributed by atoms with van der Waals surface area (Å²) in [5.74, 6) is 1.87. The second kappa shape index (κ2) is 4.66. The van der Waals surface area contributed by atoms with Gasteiger partial charge in [0.2, 0.25) is 0 Å². The van der Waals surface area contributed by atoms with Crippen LogP contribution in [0.4, 0.5) is 5.82 Å². The van der Waals surface area contributed by atoms with E-state index >= 15 is 0 Å². The lowest BCUT2D eigenvalue weighted by Crippen LogP contribution is -2.36. The van der Waals surface area contributed by atoms with Crippen LogP contribution in [0.3, 0.4) is 0 Å². The Morgan fingerprint density at radius 3 is 3.13 bits per heavy atom. The maximum Gasteiger partial charge on any atom is 0.150 e. The lowest BCUT2D eigenvalue weighted by atomic mass is 9.95. The molecule has 1 aromatic heterocycles. The van der Waals surface area contributed by atoms with Gasteiger partial charge in [0, 0.05) is 32.4 Å². The Kier molecular flexibility index (Phi) is 3.26. The third kappa shape index (κ3) is 2.50. The van der Waals surface area contributed by atoms with Crippen LogP contribution in [0.5, 0.6) is 0 Å². The Morgan fingerprint density at radius 2 is 2.47 bits per heavy atom. The first-order valence-corrected chi connectivity index (χ1v) is 5.74. The molecular formula is C11H20N4. The molecule has 1 atom stereocenters. The zero-order valence-corrected chi connectivity index (χ0v) is 9.39. The van der Waals surface area contributed by atoms with Gasteiger partial charge in [0.05, 0.1) is 0 Å². The van der Waals surface area contributed by atoms with Gasteiger partial charge in [-0.15, -0.1) is 0 Å². The highest BCUT2D eigenvalue weighted by atomic mass is 15.3. The zero-order chi connectivity index (χ0) is 10.7. The minimum Gasteiger partial charge on any atom is -0.355 e. The molecule has 2 N–H and O–H groups in total. The third-order valence-electron chi connectivity index (χ3n) is 3.12. The predicted octanol–water partition coefficient (Wildman–Crippen LogP) is 0.985. The van der Waals surface area contributed by atoms with Crippen molar-refractivity contribution in [3.63, 3.8) is 0 Å². The largest absolute Gasteiger partial charge is 0.355 e. The average molecular weight is 208 g/mol. The van der Waals surface area contributed by atoms with E-state index in [1.54, 1.807) is 0 Å². The van der Waals surface area contributed by atoms with Crippen LogP contribution in [0.1, 0.15) is 19.3 Å². The first-order valence-electron chi connectivity index (χ1n) is 5.74. The van der Waals surface area contributed by atoms with E-state index in [1.165, 1.54) is 12.8 Å². The molecule has 15 heavy (non-hydrogen) atoms. The Bertz CT molecular complexity index is 305. The number of hydrogen-bond donors (Lipinski definition) is 1. The fraction of sp³-hybridized carbons (Fsp3) is 0.727. The van der Waals surface area contributed by atoms with Gasteiger partial charge in [0.25, 0.3) is 0 Å². The van der Waals surface area contributed by atoms with Gasteiger partial charge in [-0.1, -0.05) is 0 Å². The molecule has 0 aromatic carbocycles. The number of hydrogen-bond acceptors (Lipinski definition) is 3. The first kappa shape index (κ1) is 10.5. The minimum atomic E-state index is 0.755. The zero-order valence-electron chi connectivity index (χ0n) is 9.39. The molecule has 0 spiro atoms. The highest BCUT2D eigenvalue weighted by Gasteiger charge is 2.20. The van der Waals surface area contributed by atoms with Crippen molar-refractivity contribution in [1.82, 2.24) is 9.78 Å². The van der Waals surface area contributed by atoms with Crippen LogP contribution in [0.15, 0.2) is 12.3 Å². The van der Waals surface area contributed by atoms with E-state index in [-0.39, 0.29) is 0 Å². The van der Waals surface area contributed by atoms with E-state index in [9.17, 15) is 0 Å². The van der Waals surface area contributed by atoms with Crippen molar-refractivity contribution in [1.29, 1.82) is 0 Å². The van der Waals surface area contributed by atoms with Crippen molar-refractivity contribution in [2.24, 2.45) is 18.7 Å². The third-order valence-corrected chi connectivity index (χ3v) is 3.12. The van der Waals surface area contributed by atoms with E-state index in [0.29, 0.717) is 0 Å². The van der Waals surface area contributed by atoms with Gasteiger partial charge in [-0.05, 0) is 31.7 Å². The minimum absolute atomic E-state index is 0.755. The molecule has 1 aliphatic heterocycles. The van der Waals surface area contributed by atoms with Gasteiger partial charge >= 0.3 is 0 Å². The lowest BCUT2D eigenvalue weighted by molar-refractivity contribution is 0.394. The number of nitrogens with zero attached hydrogens (tertiary/aromatic N) is 3. The molecule has 2 rings (SSSR count). The molecule has 2 heterocycles. The van der Waals surface area contributed by atoms with Gasteiger partial charge in [0.15, 0.2) is 5.82 Å². The maximum atomic E-state index is 5.61. The summed E-state index contributed by atoms with van der Waals surface area (Å²) >= 11 is 0. The van der Waals surface area contributed by atoms with Crippen molar-refractivity contribution in [3.05, 3.63) is 12.3 Å². The highest BCUT2D eigenvalue weighted by molar-refractivity contribution is 5.37. The van der Waals surface area contributed by atoms with Crippen LogP contribution >= 0.6 is 0 Å². The number of aromatic nitrogens is 2. The van der Waals surface area contributed by atoms with Crippen molar-refractivity contribution in [3.8, 4) is 0 Å². The maximum absolute atomic E-state index is 5.61. The van der Waals surface area contributed by atoms with E-state index < -0.39 is 0 Å². The first-order chi connectivity index (χ1) is 7.29. The quantitative estimate of drug-likeness (QED) is 0.805. The Hall–Kier alpha value is -1.03. The van der Waals surface area contributed by atoms with Crippen LogP contribution in [0.25, 0.3) is 0 Å². The van der Waals surface area contributed by atoms with Gasteiger partial charge < -0.3 is 10.6 Å². The fourth-order valence-electron chi connectivity index (χ4n) is 2.32. The second-order valence-corrected chi connectivity index (χ2v) is 4.38. The summed E-state index contributed by atoms with van der Waals surface area (Å²) in [6.07, 6.45) is 5.73. The molecule has 4 heteroatoms. The van der Waals surface area contributed by atoms with Crippen molar-refractivity contribution < 1.29 is 0 Å². The van der Waals surface area contributed by atoms with Crippen LogP contribution in [-0.2, 0) is 7.05 Å². The Labute approximate surface area is 91.1 Å². The lowest BCUT2D eigenvalue weighted by Gasteiger charge is -2.32. The summed E-state index contributed by atoms with van der Waals surface area (Å²) in [5, 5.41) is 4.44. The molecule has 0 aliphatic carbocycles. The number of aryl methyl sites for hydroxylation is 1. The van der Waals surface area contributed by atoms with Crippen molar-refractivity contribution >= 4 is 5.82 Å². The van der Waals surface area contributed by atoms with Gasteiger partial charge in [-0.2, -0.15) is 5.10 Å². The number of anilines is 1. The molecule has 1 aliphatic rings. The van der Waals surface area contributed by atoms with E-state index in [2.05, 4.69) is 16.1 Å². The van der Waals surface area contributed by atoms with Crippen molar-refractivity contribution in [2.75, 3.05) is 24.5 Å². The molecule has 0 radical (unpaired) electrons. The van der Waals surface area contributed by atoms with Crippen molar-refractivity contribution in [2.45, 2.75) is 19.3 Å². The summed E-state index contributed by atoms with van der Waals surface area (Å²) in [6, 6.07) is 2.09. The molecular weight excluding hydrogens is 188 g/mol. The molecule has 0 saturated carbocycles. The van der Waals surface area contributed by atoms with Gasteiger partial charge in [-0.25, -0.2) is 0 Å². The summed E-state index contributed by atoms with van der Waals surface area (Å²) in [7, 11) is 1.96. The van der Waals surface area contributed by atoms with E-state index in [0.717, 1.165) is 37.8 Å².